The van der Waals surface area contributed by atoms with Crippen LogP contribution in [0.1, 0.15) is 122 Å². The molecule has 3 rings (SSSR count). The molecular formula is C33H74Cl8N8O14S14. The molecule has 0 spiro atoms. The number of isocyanates is 1. The number of carbonyl (C=O) groups is 2. The van der Waals surface area contributed by atoms with Gasteiger partial charge in [-0.15, -0.1) is 69.6 Å². The molecule has 0 atom stereocenters. The van der Waals surface area contributed by atoms with E-state index in [-0.39, 0.29) is 41.6 Å². The van der Waals surface area contributed by atoms with E-state index in [0.29, 0.717) is 6.04 Å². The second kappa shape index (κ2) is 64.1. The third kappa shape index (κ3) is 167. The first kappa shape index (κ1) is 104. The monoisotopic (exact) mass is 1530 g/mol. The zero-order chi connectivity index (χ0) is 63.2. The van der Waals surface area contributed by atoms with E-state index < -0.39 is 67.9 Å². The summed E-state index contributed by atoms with van der Waals surface area (Å²) < 4.78 is 102. The Kier molecular flexibility index (Phi) is 86.7. The van der Waals surface area contributed by atoms with Crippen molar-refractivity contribution in [3.05, 3.63) is 0 Å². The van der Waals surface area contributed by atoms with Crippen molar-refractivity contribution in [2.45, 2.75) is 157 Å². The van der Waals surface area contributed by atoms with Crippen LogP contribution in [-0.4, -0.2) is 133 Å². The highest BCUT2D eigenvalue weighted by atomic mass is 35.7. The molecule has 0 aromatic rings. The number of nitrogens with one attached hydrogen (secondary N) is 4. The largest absolute Gasteiger partial charge is 0.443 e. The first-order valence-corrected chi connectivity index (χ1v) is 39.1. The maximum Gasteiger partial charge on any atom is 0.422 e. The summed E-state index contributed by atoms with van der Waals surface area (Å²) in [6.07, 6.45) is 4.73. The van der Waals surface area contributed by atoms with Crippen LogP contribution in [0, 0.1) is 0 Å². The van der Waals surface area contributed by atoms with Gasteiger partial charge in [-0.25, -0.2) is 29.0 Å². The number of halogens is 8. The maximum absolute atomic E-state index is 11.3. The lowest BCUT2D eigenvalue weighted by molar-refractivity contribution is 0.0557. The summed E-state index contributed by atoms with van der Waals surface area (Å²) in [6, 6.07) is 0.676. The maximum atomic E-state index is 11.3. The Labute approximate surface area is 542 Å². The Bertz CT molecular complexity index is 2040. The fourth-order valence-corrected chi connectivity index (χ4v) is 4.80. The van der Waals surface area contributed by atoms with Gasteiger partial charge < -0.3 is 25.2 Å². The smallest absolute Gasteiger partial charge is 0.422 e. The van der Waals surface area contributed by atoms with Crippen LogP contribution < -0.4 is 29.8 Å². The second-order valence-electron chi connectivity index (χ2n) is 15.7. The molecule has 22 nitrogen and oxygen atoms in total. The number of carbonyl (C=O) groups excluding carboxylic acids is 3. The number of aliphatic hydroxyl groups is 1. The lowest BCUT2D eigenvalue weighted by Gasteiger charge is -2.19. The highest BCUT2D eigenvalue weighted by Crippen LogP contribution is 2.20. The van der Waals surface area contributed by atoms with Crippen LogP contribution in [0.25, 0.3) is 0 Å². The molecule has 0 aromatic heterocycles. The van der Waals surface area contributed by atoms with Crippen molar-refractivity contribution in [3.63, 3.8) is 0 Å². The van der Waals surface area contributed by atoms with Crippen LogP contribution in [0.15, 0.2) is 4.40 Å². The van der Waals surface area contributed by atoms with Gasteiger partial charge in [0.2, 0.25) is 0 Å². The van der Waals surface area contributed by atoms with Crippen LogP contribution in [0.3, 0.4) is 0 Å². The molecule has 0 aromatic carbocycles. The van der Waals surface area contributed by atoms with Gasteiger partial charge in [-0.05, 0) is 120 Å². The average Bonchev–Trinajstić information content (AvgIpc) is 4.08. The molecule has 0 unspecified atom stereocenters. The van der Waals surface area contributed by atoms with E-state index in [1.165, 1.54) is 55.0 Å². The van der Waals surface area contributed by atoms with E-state index in [1.807, 2.05) is 0 Å². The lowest BCUT2D eigenvalue weighted by Crippen LogP contribution is -2.43. The Hall–Kier alpha value is 2.13. The molecule has 3 fully saturated rings. The third-order valence-electron chi connectivity index (χ3n) is 5.17. The van der Waals surface area contributed by atoms with Gasteiger partial charge in [0, 0.05) is 133 Å². The first-order valence-electron chi connectivity index (χ1n) is 20.3. The topological polar surface area (TPSA) is 342 Å². The molecule has 3 aliphatic rings. The normalized spacial score (nSPS) is 12.6. The number of ether oxygens (including phenoxy) is 2. The molecule has 0 saturated heterocycles. The molecule has 77 heavy (non-hydrogen) atoms. The van der Waals surface area contributed by atoms with E-state index >= 15 is 0 Å². The van der Waals surface area contributed by atoms with Crippen LogP contribution in [-0.2, 0) is 147 Å². The minimum Gasteiger partial charge on any atom is -0.443 e. The minimum absolute atomic E-state index is 0. The summed E-state index contributed by atoms with van der Waals surface area (Å²) >= 11 is 52.8. The van der Waals surface area contributed by atoms with E-state index in [1.54, 1.807) is 67.0 Å². The number of hydrogen-bond acceptors (Lipinski definition) is 22. The van der Waals surface area contributed by atoms with Gasteiger partial charge in [-0.3, -0.25) is 0 Å². The van der Waals surface area contributed by atoms with Gasteiger partial charge in [0.15, 0.2) is 0 Å². The second-order valence-corrected chi connectivity index (χ2v) is 30.7. The SMILES string of the molecule is CC(C)(C)O.CC(C)(C)OC(=O)NS(=O)(=O)Cl.CC(C)(C)OC(=O)NS(=O)(=O)NC1CC1.CCN(CC)CC.ClCCl.ClCCl.ClCCl.NC1CC1.NS(=O)(=O)NC1CC1.O=C=NS(=O)(=O)Cl.S.S=S.S=S=S.S=S=S=S. The zero-order valence-corrected chi connectivity index (χ0v) is 61.5. The highest BCUT2D eigenvalue weighted by Gasteiger charge is 2.29. The fourth-order valence-electron chi connectivity index (χ4n) is 2.50. The average molecular weight is 1540 g/mol. The number of nitrogens with two attached hydrogens (primary N) is 2. The number of hydrogen-bond donors (Lipinski definition) is 7. The summed E-state index contributed by atoms with van der Waals surface area (Å²) in [4.78, 5) is 33.2. The minimum atomic E-state index is -4.05. The van der Waals surface area contributed by atoms with E-state index in [4.69, 9.17) is 101 Å². The van der Waals surface area contributed by atoms with Crippen molar-refractivity contribution in [1.29, 1.82) is 0 Å². The summed E-state index contributed by atoms with van der Waals surface area (Å²) in [7, 11) is -2.87. The molecular weight excluding hydrogens is 1460 g/mol. The van der Waals surface area contributed by atoms with Crippen molar-refractivity contribution < 1.29 is 62.6 Å². The number of alkyl halides is 6. The number of rotatable bonds is 10. The number of amides is 2. The van der Waals surface area contributed by atoms with Gasteiger partial charge in [0.05, 0.1) is 21.6 Å². The van der Waals surface area contributed by atoms with Gasteiger partial charge in [-0.1, -0.05) is 25.2 Å². The molecule has 0 heterocycles. The van der Waals surface area contributed by atoms with Crippen molar-refractivity contribution >= 4 is 255 Å². The molecule has 0 aliphatic heterocycles. The van der Waals surface area contributed by atoms with Crippen LogP contribution >= 0.6 is 104 Å². The van der Waals surface area contributed by atoms with Crippen molar-refractivity contribution in [3.8, 4) is 0 Å². The van der Waals surface area contributed by atoms with Crippen molar-refractivity contribution in [2.24, 2.45) is 15.3 Å². The van der Waals surface area contributed by atoms with Crippen LogP contribution in [0.2, 0.25) is 0 Å². The summed E-state index contributed by atoms with van der Waals surface area (Å²) in [5.41, 5.74) is 3.27. The van der Waals surface area contributed by atoms with Crippen LogP contribution in [0.4, 0.5) is 9.59 Å². The van der Waals surface area contributed by atoms with Gasteiger partial charge in [0.25, 0.3) is 16.3 Å². The van der Waals surface area contributed by atoms with Crippen molar-refractivity contribution in [2.75, 3.05) is 35.7 Å². The zero-order valence-electron chi connectivity index (χ0n) is 43.9. The molecule has 3 saturated carbocycles. The molecule has 0 radical (unpaired) electrons. The quantitative estimate of drug-likeness (QED) is 0.0509. The number of nitrogens with zero attached hydrogens (tertiary/aromatic N) is 2. The predicted molar refractivity (Wildman–Crippen MR) is 350 cm³/mol. The molecule has 9 N–H and O–H groups in total. The van der Waals surface area contributed by atoms with E-state index in [2.05, 4.69) is 127 Å². The summed E-state index contributed by atoms with van der Waals surface area (Å²) in [5, 5.41) is 13.7. The molecule has 3 aliphatic carbocycles. The molecule has 44 heteroatoms. The highest BCUT2D eigenvalue weighted by molar-refractivity contribution is 8.51. The lowest BCUT2D eigenvalue weighted by atomic mass is 10.2. The summed E-state index contributed by atoms with van der Waals surface area (Å²) in [5.74, 6) is 0. The van der Waals surface area contributed by atoms with E-state index in [0.717, 1.165) is 40.6 Å². The summed E-state index contributed by atoms with van der Waals surface area (Å²) in [6.45, 7) is 25.1. The van der Waals surface area contributed by atoms with Crippen molar-refractivity contribution in [1.82, 2.24) is 23.8 Å². The van der Waals surface area contributed by atoms with E-state index in [9.17, 15) is 43.3 Å². The Morgan fingerprint density at radius 1 is 0.662 bits per heavy atom. The Morgan fingerprint density at radius 3 is 1.03 bits per heavy atom. The first-order chi connectivity index (χ1) is 34.2. The predicted octanol–water partition coefficient (Wildman–Crippen LogP) is 6.84. The van der Waals surface area contributed by atoms with Gasteiger partial charge >= 0.3 is 40.9 Å². The standard InChI is InChI=1S/C8H16N2O4S.C6H15N.C5H10ClNO4S.C4H10O.C3H8N2O2S.C3H7N.3CH2Cl2.CClNO3S.S4.S3.S2.H2S/c1-8(2,3)14-7(11)10-15(12,13)9-6-4-5-6;1-4-7(5-2)6-3;1-5(2,3)11-4(8)7-12(6,9)10;1-4(2,3)5;4-8(6,7)5-3-1-2-3;4-3-1-2-3;3*2-1-3;2-7(5,6)3-1-4;1-3-4-2;1-3-2;1-2;/h6,9H,4-5H2,1-3H3,(H,10,11);4-6H2,1-3H3;1-3H3,(H,7,8);5H,1-3H3;3,5H,1-2H2,(H2,4,6,7);3H,1-2,4H2;3*1H2;;;;;1H2. The fraction of sp³-hybridized carbons (Fsp3) is 0.909. The Morgan fingerprint density at radius 2 is 0.909 bits per heavy atom. The van der Waals surface area contributed by atoms with Gasteiger partial charge in [0.1, 0.15) is 11.2 Å². The molecule has 0 bridgehead atoms. The van der Waals surface area contributed by atoms with Gasteiger partial charge in [-0.2, -0.15) is 56.6 Å². The molecule has 470 valence electrons. The third-order valence-corrected chi connectivity index (χ3v) is 10.3. The Balaban J connectivity index is -0.0000000712. The molecule has 2 amide bonds. The van der Waals surface area contributed by atoms with Crippen LogP contribution in [0.5, 0.6) is 0 Å².